The molecule has 15 heteroatoms. The first-order chi connectivity index (χ1) is 17.9. The average Bonchev–Trinajstić information content (AvgIpc) is 2.80. The van der Waals surface area contributed by atoms with Gasteiger partial charge in [-0.05, 0) is 33.6 Å². The van der Waals surface area contributed by atoms with Crippen LogP contribution in [-0.4, -0.2) is 98.1 Å². The minimum atomic E-state index is -1.52. The van der Waals surface area contributed by atoms with Crippen molar-refractivity contribution in [3.05, 3.63) is 0 Å². The van der Waals surface area contributed by atoms with E-state index in [4.69, 9.17) is 34.0 Å². The number of nitrogens with one attached hydrogen (secondary N) is 3. The van der Waals surface area contributed by atoms with Gasteiger partial charge < -0.3 is 44.6 Å². The molecule has 0 saturated heterocycles. The number of aliphatic carboxylic acids is 2. The zero-order valence-corrected chi connectivity index (χ0v) is 22.2. The van der Waals surface area contributed by atoms with Crippen LogP contribution in [0.5, 0.6) is 0 Å². The topological polar surface area (TPSA) is 208 Å². The first-order valence-electron chi connectivity index (χ1n) is 12.3. The molecule has 0 aliphatic rings. The smallest absolute Gasteiger partial charge is 0.407 e. The van der Waals surface area contributed by atoms with Crippen LogP contribution in [0.15, 0.2) is 0 Å². The van der Waals surface area contributed by atoms with E-state index in [0.717, 1.165) is 0 Å². The molecule has 220 valence electrons. The van der Waals surface area contributed by atoms with Crippen LogP contribution in [0.1, 0.15) is 59.3 Å². The van der Waals surface area contributed by atoms with Crippen molar-refractivity contribution in [1.29, 1.82) is 0 Å². The summed E-state index contributed by atoms with van der Waals surface area (Å²) in [5.74, 6) is -3.07. The number of hydrogen-bond donors (Lipinski definition) is 5. The third kappa shape index (κ3) is 23.2. The first kappa shape index (κ1) is 34.8. The molecule has 0 aromatic rings. The number of carboxylic acid groups (broad SMARTS) is 2. The van der Waals surface area contributed by atoms with Crippen molar-refractivity contribution in [3.63, 3.8) is 0 Å². The second kappa shape index (κ2) is 20.8. The second-order valence-electron chi connectivity index (χ2n) is 8.92. The van der Waals surface area contributed by atoms with Crippen molar-refractivity contribution in [3.8, 4) is 0 Å². The van der Waals surface area contributed by atoms with E-state index in [1.807, 2.05) is 0 Å². The van der Waals surface area contributed by atoms with Gasteiger partial charge in [-0.1, -0.05) is 6.42 Å². The van der Waals surface area contributed by atoms with Crippen LogP contribution < -0.4 is 16.1 Å². The van der Waals surface area contributed by atoms with Gasteiger partial charge in [0.05, 0.1) is 32.8 Å². The fourth-order valence-electron chi connectivity index (χ4n) is 2.55. The second-order valence-corrected chi connectivity index (χ2v) is 8.92. The number of hydroxylamine groups is 1. The Hall–Kier alpha value is -3.17. The highest BCUT2D eigenvalue weighted by Crippen LogP contribution is 2.06. The summed E-state index contributed by atoms with van der Waals surface area (Å²) in [5, 5.41) is 22.5. The van der Waals surface area contributed by atoms with Gasteiger partial charge >= 0.3 is 30.1 Å². The lowest BCUT2D eigenvalue weighted by molar-refractivity contribution is -0.152. The largest absolute Gasteiger partial charge is 0.481 e. The Bertz CT molecular complexity index is 727. The lowest BCUT2D eigenvalue weighted by Crippen LogP contribution is -2.34. The van der Waals surface area contributed by atoms with Crippen molar-refractivity contribution >= 4 is 30.1 Å². The summed E-state index contributed by atoms with van der Waals surface area (Å²) in [7, 11) is 0. The summed E-state index contributed by atoms with van der Waals surface area (Å²) >= 11 is 0. The first-order valence-corrected chi connectivity index (χ1v) is 12.3. The lowest BCUT2D eigenvalue weighted by Gasteiger charge is -2.19. The van der Waals surface area contributed by atoms with E-state index in [2.05, 4.69) is 16.1 Å². The predicted molar refractivity (Wildman–Crippen MR) is 131 cm³/mol. The van der Waals surface area contributed by atoms with Gasteiger partial charge in [-0.2, -0.15) is 5.48 Å². The van der Waals surface area contributed by atoms with Crippen LogP contribution in [-0.2, 0) is 38.2 Å². The lowest BCUT2D eigenvalue weighted by atomic mass is 10.2. The molecule has 0 spiro atoms. The number of carboxylic acids is 2. The molecular weight excluding hydrogens is 510 g/mol. The number of ether oxygens (including phenoxy) is 4. The molecule has 5 N–H and O–H groups in total. The minimum absolute atomic E-state index is 0.0586. The van der Waals surface area contributed by atoms with Gasteiger partial charge in [-0.3, -0.25) is 9.59 Å². The van der Waals surface area contributed by atoms with Crippen molar-refractivity contribution in [1.82, 2.24) is 16.1 Å². The third-order valence-electron chi connectivity index (χ3n) is 4.29. The zero-order valence-electron chi connectivity index (χ0n) is 22.2. The maximum Gasteiger partial charge on any atom is 0.407 e. The van der Waals surface area contributed by atoms with Gasteiger partial charge in [-0.15, -0.1) is 0 Å². The number of unbranched alkanes of at least 4 members (excludes halogenated alkanes) is 2. The van der Waals surface area contributed by atoms with Crippen LogP contribution in [0, 0.1) is 0 Å². The van der Waals surface area contributed by atoms with Gasteiger partial charge in [-0.25, -0.2) is 14.4 Å². The van der Waals surface area contributed by atoms with Crippen molar-refractivity contribution in [2.75, 3.05) is 46.1 Å². The Morgan fingerprint density at radius 2 is 1.39 bits per heavy atom. The number of rotatable bonds is 21. The van der Waals surface area contributed by atoms with E-state index in [-0.39, 0.29) is 32.6 Å². The molecule has 2 amide bonds. The Morgan fingerprint density at radius 3 is 2.03 bits per heavy atom. The Kier molecular flexibility index (Phi) is 19.1. The van der Waals surface area contributed by atoms with Crippen LogP contribution in [0.4, 0.5) is 9.59 Å². The summed E-state index contributed by atoms with van der Waals surface area (Å²) < 4.78 is 20.4. The Labute approximate surface area is 221 Å². The Morgan fingerprint density at radius 1 is 0.763 bits per heavy atom. The van der Waals surface area contributed by atoms with E-state index < -0.39 is 48.2 Å². The SMILES string of the molecule is CC(C)(C)OC(=O)NCCOCCOCCC(=O)ONCCCCCNC(=O)O[C@@H](CCC(=O)O)C(=O)O. The standard InChI is InChI=1S/C23H41N3O12/c1-23(2,3)37-22(33)25-12-14-35-16-15-34-13-9-19(29)38-26-11-6-4-5-10-24-21(32)36-17(20(30)31)7-8-18(27)28/h17,26H,4-16H2,1-3H3,(H,24,32)(H,25,33)(H,27,28)(H,30,31)/t17-/m0/s1. The van der Waals surface area contributed by atoms with E-state index in [1.165, 1.54) is 0 Å². The van der Waals surface area contributed by atoms with Gasteiger partial charge in [0.2, 0.25) is 6.10 Å². The molecule has 0 saturated carbocycles. The molecular formula is C23H41N3O12. The molecule has 0 radical (unpaired) electrons. The predicted octanol–water partition coefficient (Wildman–Crippen LogP) is 1.20. The quantitative estimate of drug-likeness (QED) is 0.0772. The molecule has 0 rings (SSSR count). The number of alkyl carbamates (subject to hydrolysis) is 2. The van der Waals surface area contributed by atoms with E-state index in [9.17, 15) is 24.0 Å². The summed E-state index contributed by atoms with van der Waals surface area (Å²) in [6.45, 7) is 7.33. The summed E-state index contributed by atoms with van der Waals surface area (Å²) in [6.07, 6.45) is -1.75. The number of hydrogen-bond acceptors (Lipinski definition) is 11. The van der Waals surface area contributed by atoms with Gasteiger partial charge in [0, 0.05) is 32.5 Å². The average molecular weight is 552 g/mol. The molecule has 0 aliphatic carbocycles. The highest BCUT2D eigenvalue weighted by atomic mass is 16.7. The summed E-state index contributed by atoms with van der Waals surface area (Å²) in [6, 6.07) is 0. The molecule has 38 heavy (non-hydrogen) atoms. The molecule has 1 atom stereocenters. The highest BCUT2D eigenvalue weighted by Gasteiger charge is 2.23. The molecule has 0 bridgehead atoms. The molecule has 0 heterocycles. The fourth-order valence-corrected chi connectivity index (χ4v) is 2.55. The maximum absolute atomic E-state index is 11.6. The van der Waals surface area contributed by atoms with E-state index >= 15 is 0 Å². The molecule has 0 aromatic heterocycles. The van der Waals surface area contributed by atoms with Crippen molar-refractivity contribution in [2.24, 2.45) is 0 Å². The van der Waals surface area contributed by atoms with E-state index in [0.29, 0.717) is 45.6 Å². The Balaban J connectivity index is 3.55. The summed E-state index contributed by atoms with van der Waals surface area (Å²) in [4.78, 5) is 61.0. The van der Waals surface area contributed by atoms with Crippen molar-refractivity contribution in [2.45, 2.75) is 71.0 Å². The minimum Gasteiger partial charge on any atom is -0.481 e. The number of amides is 2. The van der Waals surface area contributed by atoms with Crippen molar-refractivity contribution < 1.29 is 58.0 Å². The number of carbonyl (C=O) groups is 5. The summed E-state index contributed by atoms with van der Waals surface area (Å²) in [5.41, 5.74) is 1.99. The maximum atomic E-state index is 11.6. The molecule has 0 fully saturated rings. The van der Waals surface area contributed by atoms with Gasteiger partial charge in [0.1, 0.15) is 5.60 Å². The van der Waals surface area contributed by atoms with Crippen LogP contribution in [0.25, 0.3) is 0 Å². The fraction of sp³-hybridized carbons (Fsp3) is 0.783. The normalized spacial score (nSPS) is 11.8. The van der Waals surface area contributed by atoms with E-state index in [1.54, 1.807) is 20.8 Å². The highest BCUT2D eigenvalue weighted by molar-refractivity contribution is 5.78. The molecule has 0 aliphatic heterocycles. The van der Waals surface area contributed by atoms with Crippen LogP contribution >= 0.6 is 0 Å². The zero-order chi connectivity index (χ0) is 28.8. The molecule has 0 aromatic carbocycles. The molecule has 15 nitrogen and oxygen atoms in total. The van der Waals surface area contributed by atoms with Crippen LogP contribution in [0.3, 0.4) is 0 Å². The van der Waals surface area contributed by atoms with Gasteiger partial charge in [0.15, 0.2) is 0 Å². The van der Waals surface area contributed by atoms with Gasteiger partial charge in [0.25, 0.3) is 0 Å². The monoisotopic (exact) mass is 551 g/mol. The number of carbonyl (C=O) groups excluding carboxylic acids is 3. The third-order valence-corrected chi connectivity index (χ3v) is 4.29. The molecule has 0 unspecified atom stereocenters. The van der Waals surface area contributed by atoms with Crippen LogP contribution in [0.2, 0.25) is 0 Å².